The highest BCUT2D eigenvalue weighted by atomic mass is 16.5. The Morgan fingerprint density at radius 1 is 1.21 bits per heavy atom. The van der Waals surface area contributed by atoms with E-state index in [1.807, 2.05) is 0 Å². The van der Waals surface area contributed by atoms with E-state index in [1.54, 1.807) is 27.9 Å². The van der Waals surface area contributed by atoms with Crippen LogP contribution in [0.25, 0.3) is 0 Å². The Bertz CT molecular complexity index is 288. The van der Waals surface area contributed by atoms with Gasteiger partial charge in [0.1, 0.15) is 6.04 Å². The third kappa shape index (κ3) is 8.39. The van der Waals surface area contributed by atoms with Gasteiger partial charge >= 0.3 is 12.0 Å². The summed E-state index contributed by atoms with van der Waals surface area (Å²) in [5.74, 6) is -1.06. The first-order valence-corrected chi connectivity index (χ1v) is 6.13. The number of hydrogen-bond acceptors (Lipinski definition) is 4. The molecule has 7 heteroatoms. The van der Waals surface area contributed by atoms with E-state index in [2.05, 4.69) is 10.6 Å². The molecular weight excluding hydrogens is 252 g/mol. The number of urea groups is 1. The van der Waals surface area contributed by atoms with E-state index in [-0.39, 0.29) is 0 Å². The van der Waals surface area contributed by atoms with E-state index in [1.165, 1.54) is 0 Å². The Balaban J connectivity index is 3.92. The Hall–Kier alpha value is -1.34. The highest BCUT2D eigenvalue weighted by Crippen LogP contribution is 2.19. The van der Waals surface area contributed by atoms with Crippen LogP contribution in [0.15, 0.2) is 0 Å². The van der Waals surface area contributed by atoms with Crippen molar-refractivity contribution in [1.82, 2.24) is 10.6 Å². The summed E-state index contributed by atoms with van der Waals surface area (Å²) in [4.78, 5) is 22.6. The number of ether oxygens (including phenoxy) is 2. The molecule has 0 heterocycles. The second-order valence-corrected chi connectivity index (χ2v) is 5.14. The van der Waals surface area contributed by atoms with Gasteiger partial charge in [0.2, 0.25) is 0 Å². The lowest BCUT2D eigenvalue weighted by atomic mass is 9.87. The van der Waals surface area contributed by atoms with Gasteiger partial charge in [0.05, 0.1) is 19.8 Å². The first kappa shape index (κ1) is 17.7. The summed E-state index contributed by atoms with van der Waals surface area (Å²) in [7, 11) is 1.58. The van der Waals surface area contributed by atoms with Gasteiger partial charge in [0.25, 0.3) is 0 Å². The summed E-state index contributed by atoms with van der Waals surface area (Å²) < 4.78 is 9.96. The van der Waals surface area contributed by atoms with Crippen molar-refractivity contribution in [1.29, 1.82) is 0 Å². The number of methoxy groups -OCH3 is 1. The third-order valence-electron chi connectivity index (χ3n) is 2.35. The minimum absolute atomic E-state index is 0.312. The maximum atomic E-state index is 11.5. The average molecular weight is 276 g/mol. The Morgan fingerprint density at radius 3 is 2.32 bits per heavy atom. The predicted molar refractivity (Wildman–Crippen MR) is 70.1 cm³/mol. The van der Waals surface area contributed by atoms with E-state index in [4.69, 9.17) is 14.6 Å². The molecule has 0 unspecified atom stereocenters. The molecule has 0 rings (SSSR count). The first-order chi connectivity index (χ1) is 8.79. The summed E-state index contributed by atoms with van der Waals surface area (Å²) in [6.45, 7) is 6.87. The molecular formula is C12H24N2O5. The van der Waals surface area contributed by atoms with Gasteiger partial charge in [-0.05, 0) is 5.41 Å². The number of carboxylic acid groups (broad SMARTS) is 1. The Kier molecular flexibility index (Phi) is 8.09. The number of aliphatic carboxylic acids is 1. The van der Waals surface area contributed by atoms with Crippen molar-refractivity contribution in [2.45, 2.75) is 26.8 Å². The zero-order valence-electron chi connectivity index (χ0n) is 12.0. The maximum absolute atomic E-state index is 11.5. The van der Waals surface area contributed by atoms with E-state index < -0.39 is 23.5 Å². The quantitative estimate of drug-likeness (QED) is 0.559. The summed E-state index contributed by atoms with van der Waals surface area (Å²) >= 11 is 0. The zero-order valence-corrected chi connectivity index (χ0v) is 12.0. The van der Waals surface area contributed by atoms with Gasteiger partial charge < -0.3 is 25.2 Å². The van der Waals surface area contributed by atoms with Crippen LogP contribution >= 0.6 is 0 Å². The largest absolute Gasteiger partial charge is 0.480 e. The average Bonchev–Trinajstić information content (AvgIpc) is 2.28. The standard InChI is InChI=1S/C12H24N2O5/c1-12(2,3)9(10(15)16)14-11(17)13-5-6-19-8-7-18-4/h9H,5-8H2,1-4H3,(H,15,16)(H2,13,14,17)/t9-/m1/s1. The van der Waals surface area contributed by atoms with Crippen LogP contribution in [0.1, 0.15) is 20.8 Å². The number of amides is 2. The van der Waals surface area contributed by atoms with Crippen LogP contribution in [0.2, 0.25) is 0 Å². The molecule has 0 saturated carbocycles. The molecule has 112 valence electrons. The fourth-order valence-corrected chi connectivity index (χ4v) is 1.31. The van der Waals surface area contributed by atoms with Gasteiger partial charge in [0.15, 0.2) is 0 Å². The van der Waals surface area contributed by atoms with E-state index in [0.717, 1.165) is 0 Å². The molecule has 2 amide bonds. The van der Waals surface area contributed by atoms with Crippen LogP contribution in [-0.2, 0) is 14.3 Å². The van der Waals surface area contributed by atoms with Gasteiger partial charge in [0, 0.05) is 13.7 Å². The minimum Gasteiger partial charge on any atom is -0.480 e. The second kappa shape index (κ2) is 8.71. The van der Waals surface area contributed by atoms with Crippen molar-refractivity contribution in [3.05, 3.63) is 0 Å². The van der Waals surface area contributed by atoms with Crippen molar-refractivity contribution in [2.24, 2.45) is 5.41 Å². The van der Waals surface area contributed by atoms with Crippen molar-refractivity contribution in [2.75, 3.05) is 33.5 Å². The minimum atomic E-state index is -1.06. The maximum Gasteiger partial charge on any atom is 0.326 e. The number of hydrogen-bond donors (Lipinski definition) is 3. The monoisotopic (exact) mass is 276 g/mol. The molecule has 0 fully saturated rings. The first-order valence-electron chi connectivity index (χ1n) is 6.13. The second-order valence-electron chi connectivity index (χ2n) is 5.14. The van der Waals surface area contributed by atoms with Gasteiger partial charge in [-0.15, -0.1) is 0 Å². The molecule has 19 heavy (non-hydrogen) atoms. The molecule has 1 atom stereocenters. The molecule has 3 N–H and O–H groups in total. The van der Waals surface area contributed by atoms with Crippen LogP contribution in [0.3, 0.4) is 0 Å². The summed E-state index contributed by atoms with van der Waals surface area (Å²) in [5, 5.41) is 14.0. The fourth-order valence-electron chi connectivity index (χ4n) is 1.31. The summed E-state index contributed by atoms with van der Waals surface area (Å²) in [6, 6.07) is -1.46. The summed E-state index contributed by atoms with van der Waals surface area (Å²) in [5.41, 5.74) is -0.557. The topological polar surface area (TPSA) is 96.9 Å². The van der Waals surface area contributed by atoms with Gasteiger partial charge in [-0.25, -0.2) is 9.59 Å². The van der Waals surface area contributed by atoms with Crippen LogP contribution in [0.4, 0.5) is 4.79 Å². The Labute approximate surface area is 113 Å². The lowest BCUT2D eigenvalue weighted by Crippen LogP contribution is -2.52. The molecule has 0 radical (unpaired) electrons. The van der Waals surface area contributed by atoms with Crippen molar-refractivity contribution < 1.29 is 24.2 Å². The number of carbonyl (C=O) groups is 2. The molecule has 0 saturated heterocycles. The van der Waals surface area contributed by atoms with E-state index in [9.17, 15) is 9.59 Å². The number of rotatable bonds is 8. The normalized spacial score (nSPS) is 12.8. The van der Waals surface area contributed by atoms with Crippen molar-refractivity contribution in [3.8, 4) is 0 Å². The molecule has 0 bridgehead atoms. The predicted octanol–water partition coefficient (Wildman–Crippen LogP) is 0.448. The van der Waals surface area contributed by atoms with Gasteiger partial charge in [-0.2, -0.15) is 0 Å². The lowest BCUT2D eigenvalue weighted by Gasteiger charge is -2.27. The van der Waals surface area contributed by atoms with E-state index >= 15 is 0 Å². The molecule has 0 aliphatic carbocycles. The van der Waals surface area contributed by atoms with Gasteiger partial charge in [-0.3, -0.25) is 0 Å². The van der Waals surface area contributed by atoms with Gasteiger partial charge in [-0.1, -0.05) is 20.8 Å². The van der Waals surface area contributed by atoms with Crippen LogP contribution in [0.5, 0.6) is 0 Å². The zero-order chi connectivity index (χ0) is 14.9. The number of carbonyl (C=O) groups excluding carboxylic acids is 1. The third-order valence-corrected chi connectivity index (χ3v) is 2.35. The molecule has 0 spiro atoms. The molecule has 0 aromatic carbocycles. The molecule has 0 aliphatic rings. The van der Waals surface area contributed by atoms with Crippen LogP contribution < -0.4 is 10.6 Å². The fraction of sp³-hybridized carbons (Fsp3) is 0.833. The van der Waals surface area contributed by atoms with Crippen molar-refractivity contribution in [3.63, 3.8) is 0 Å². The SMILES string of the molecule is COCCOCCNC(=O)N[C@H](C(=O)O)C(C)(C)C. The highest BCUT2D eigenvalue weighted by Gasteiger charge is 2.32. The molecule has 7 nitrogen and oxygen atoms in total. The smallest absolute Gasteiger partial charge is 0.326 e. The molecule has 0 aromatic rings. The molecule has 0 aliphatic heterocycles. The Morgan fingerprint density at radius 2 is 1.84 bits per heavy atom. The molecule has 0 aromatic heterocycles. The number of nitrogens with one attached hydrogen (secondary N) is 2. The lowest BCUT2D eigenvalue weighted by molar-refractivity contribution is -0.141. The van der Waals surface area contributed by atoms with Crippen LogP contribution in [-0.4, -0.2) is 56.6 Å². The van der Waals surface area contributed by atoms with Crippen molar-refractivity contribution >= 4 is 12.0 Å². The number of carboxylic acids is 1. The van der Waals surface area contributed by atoms with Crippen LogP contribution in [0, 0.1) is 5.41 Å². The summed E-state index contributed by atoms with van der Waals surface area (Å²) in [6.07, 6.45) is 0. The van der Waals surface area contributed by atoms with E-state index in [0.29, 0.717) is 26.4 Å². The highest BCUT2D eigenvalue weighted by molar-refractivity contribution is 5.83.